The lowest BCUT2D eigenvalue weighted by atomic mass is 10.2. The summed E-state index contributed by atoms with van der Waals surface area (Å²) in [7, 11) is 0. The molecule has 0 spiro atoms. The molecule has 0 fully saturated rings. The molecule has 2 rings (SSSR count). The Bertz CT molecular complexity index is 571. The molecule has 20 heavy (non-hydrogen) atoms. The second-order valence-electron chi connectivity index (χ2n) is 4.66. The molecule has 0 bridgehead atoms. The monoisotopic (exact) mass is 310 g/mol. The van der Waals surface area contributed by atoms with E-state index in [0.717, 1.165) is 23.6 Å². The summed E-state index contributed by atoms with van der Waals surface area (Å²) in [5.41, 5.74) is 3.86. The van der Waals surface area contributed by atoms with Gasteiger partial charge in [0.15, 0.2) is 0 Å². The number of benzene rings is 1. The SMILES string of the molecule is CCCOc1ccc(Cl)cc1NC(C)c1scnc1C. The van der Waals surface area contributed by atoms with Crippen molar-refractivity contribution in [3.05, 3.63) is 39.3 Å². The summed E-state index contributed by atoms with van der Waals surface area (Å²) < 4.78 is 5.76. The standard InChI is InChI=1S/C15H19ClN2OS/c1-4-7-19-14-6-5-12(16)8-13(14)18-11(3)15-10(2)17-9-20-15/h5-6,8-9,11,18H,4,7H2,1-3H3. The van der Waals surface area contributed by atoms with Gasteiger partial charge in [-0.3, -0.25) is 0 Å². The van der Waals surface area contributed by atoms with E-state index in [0.29, 0.717) is 11.6 Å². The number of rotatable bonds is 6. The van der Waals surface area contributed by atoms with Gasteiger partial charge < -0.3 is 10.1 Å². The van der Waals surface area contributed by atoms with Gasteiger partial charge in [0.25, 0.3) is 0 Å². The van der Waals surface area contributed by atoms with Crippen LogP contribution in [0.4, 0.5) is 5.69 Å². The highest BCUT2D eigenvalue weighted by atomic mass is 35.5. The molecule has 5 heteroatoms. The van der Waals surface area contributed by atoms with Crippen molar-refractivity contribution in [2.45, 2.75) is 33.2 Å². The van der Waals surface area contributed by atoms with E-state index in [4.69, 9.17) is 16.3 Å². The highest BCUT2D eigenvalue weighted by Crippen LogP contribution is 2.32. The van der Waals surface area contributed by atoms with Gasteiger partial charge in [-0.1, -0.05) is 18.5 Å². The number of anilines is 1. The van der Waals surface area contributed by atoms with E-state index in [-0.39, 0.29) is 6.04 Å². The molecule has 1 heterocycles. The first kappa shape index (κ1) is 15.1. The number of hydrogen-bond donors (Lipinski definition) is 1. The maximum atomic E-state index is 6.09. The molecule has 1 aromatic carbocycles. The van der Waals surface area contributed by atoms with Crippen LogP contribution in [0, 0.1) is 6.92 Å². The van der Waals surface area contributed by atoms with Crippen molar-refractivity contribution in [2.24, 2.45) is 0 Å². The van der Waals surface area contributed by atoms with Gasteiger partial charge in [0.1, 0.15) is 5.75 Å². The lowest BCUT2D eigenvalue weighted by Crippen LogP contribution is -2.08. The summed E-state index contributed by atoms with van der Waals surface area (Å²) in [6.45, 7) is 6.93. The summed E-state index contributed by atoms with van der Waals surface area (Å²) in [6, 6.07) is 5.83. The Kier molecular flexibility index (Phi) is 5.26. The van der Waals surface area contributed by atoms with Crippen LogP contribution in [0.3, 0.4) is 0 Å². The molecule has 0 aliphatic carbocycles. The fourth-order valence-corrected chi connectivity index (χ4v) is 2.96. The second-order valence-corrected chi connectivity index (χ2v) is 5.98. The quantitative estimate of drug-likeness (QED) is 0.809. The molecule has 0 aliphatic heterocycles. The number of ether oxygens (including phenoxy) is 1. The minimum absolute atomic E-state index is 0.171. The Morgan fingerprint density at radius 2 is 2.25 bits per heavy atom. The summed E-state index contributed by atoms with van der Waals surface area (Å²) in [5.74, 6) is 0.838. The number of aryl methyl sites for hydroxylation is 1. The normalized spacial score (nSPS) is 12.2. The average Bonchev–Trinajstić information content (AvgIpc) is 2.84. The average molecular weight is 311 g/mol. The Morgan fingerprint density at radius 1 is 1.45 bits per heavy atom. The summed E-state index contributed by atoms with van der Waals surface area (Å²) in [5, 5.41) is 4.16. The van der Waals surface area contributed by atoms with Gasteiger partial charge in [-0.2, -0.15) is 0 Å². The van der Waals surface area contributed by atoms with Crippen LogP contribution in [-0.4, -0.2) is 11.6 Å². The molecule has 0 radical (unpaired) electrons. The number of thiazole rings is 1. The minimum Gasteiger partial charge on any atom is -0.491 e. The van der Waals surface area contributed by atoms with Crippen LogP contribution in [-0.2, 0) is 0 Å². The van der Waals surface area contributed by atoms with Crippen LogP contribution >= 0.6 is 22.9 Å². The largest absolute Gasteiger partial charge is 0.491 e. The van der Waals surface area contributed by atoms with Crippen LogP contribution < -0.4 is 10.1 Å². The molecule has 0 saturated carbocycles. The molecule has 0 saturated heterocycles. The third kappa shape index (κ3) is 3.64. The Hall–Kier alpha value is -1.26. The van der Waals surface area contributed by atoms with Gasteiger partial charge in [-0.05, 0) is 38.5 Å². The zero-order chi connectivity index (χ0) is 14.5. The van der Waals surface area contributed by atoms with Gasteiger partial charge in [0, 0.05) is 9.90 Å². The van der Waals surface area contributed by atoms with Gasteiger partial charge in [-0.25, -0.2) is 4.98 Å². The molecule has 1 N–H and O–H groups in total. The second kappa shape index (κ2) is 6.95. The van der Waals surface area contributed by atoms with Crippen molar-refractivity contribution in [2.75, 3.05) is 11.9 Å². The van der Waals surface area contributed by atoms with Crippen molar-refractivity contribution in [1.82, 2.24) is 4.98 Å². The zero-order valence-electron chi connectivity index (χ0n) is 11.9. The highest BCUT2D eigenvalue weighted by Gasteiger charge is 2.13. The summed E-state index contributed by atoms with van der Waals surface area (Å²) in [4.78, 5) is 5.52. The van der Waals surface area contributed by atoms with Gasteiger partial charge >= 0.3 is 0 Å². The number of hydrogen-bond acceptors (Lipinski definition) is 4. The molecular weight excluding hydrogens is 292 g/mol. The van der Waals surface area contributed by atoms with Crippen LogP contribution in [0.15, 0.2) is 23.7 Å². The molecule has 2 aromatic rings. The van der Waals surface area contributed by atoms with E-state index < -0.39 is 0 Å². The summed E-state index contributed by atoms with van der Waals surface area (Å²) in [6.07, 6.45) is 0.978. The maximum absolute atomic E-state index is 6.09. The molecule has 1 unspecified atom stereocenters. The molecule has 1 aromatic heterocycles. The van der Waals surface area contributed by atoms with Crippen LogP contribution in [0.25, 0.3) is 0 Å². The first-order valence-corrected chi connectivity index (χ1v) is 7.96. The topological polar surface area (TPSA) is 34.1 Å². The molecular formula is C15H19ClN2OS. The number of nitrogens with zero attached hydrogens (tertiary/aromatic N) is 1. The molecule has 108 valence electrons. The first-order chi connectivity index (χ1) is 9.61. The van der Waals surface area contributed by atoms with E-state index in [2.05, 4.69) is 24.1 Å². The molecule has 3 nitrogen and oxygen atoms in total. The third-order valence-corrected chi connectivity index (χ3v) is 4.30. The highest BCUT2D eigenvalue weighted by molar-refractivity contribution is 7.09. The minimum atomic E-state index is 0.171. The van der Waals surface area contributed by atoms with Crippen molar-refractivity contribution in [1.29, 1.82) is 0 Å². The Balaban J connectivity index is 2.19. The Morgan fingerprint density at radius 3 is 2.90 bits per heavy atom. The Labute approximate surface area is 129 Å². The zero-order valence-corrected chi connectivity index (χ0v) is 13.5. The van der Waals surface area contributed by atoms with Gasteiger partial charge in [0.2, 0.25) is 0 Å². The number of nitrogens with one attached hydrogen (secondary N) is 1. The molecule has 1 atom stereocenters. The van der Waals surface area contributed by atoms with E-state index >= 15 is 0 Å². The number of aromatic nitrogens is 1. The third-order valence-electron chi connectivity index (χ3n) is 2.95. The summed E-state index contributed by atoms with van der Waals surface area (Å²) >= 11 is 7.74. The van der Waals surface area contributed by atoms with Crippen LogP contribution in [0.1, 0.15) is 36.9 Å². The van der Waals surface area contributed by atoms with Crippen LogP contribution in [0.5, 0.6) is 5.75 Å². The lowest BCUT2D eigenvalue weighted by Gasteiger charge is -2.18. The predicted octanol–water partition coefficient (Wildman–Crippen LogP) is 5.07. The van der Waals surface area contributed by atoms with E-state index in [9.17, 15) is 0 Å². The van der Waals surface area contributed by atoms with Crippen molar-refractivity contribution in [3.8, 4) is 5.75 Å². The maximum Gasteiger partial charge on any atom is 0.142 e. The van der Waals surface area contributed by atoms with E-state index in [1.807, 2.05) is 30.6 Å². The van der Waals surface area contributed by atoms with Crippen molar-refractivity contribution >= 4 is 28.6 Å². The van der Waals surface area contributed by atoms with Gasteiger partial charge in [-0.15, -0.1) is 11.3 Å². The smallest absolute Gasteiger partial charge is 0.142 e. The van der Waals surface area contributed by atoms with Crippen molar-refractivity contribution < 1.29 is 4.74 Å². The van der Waals surface area contributed by atoms with E-state index in [1.165, 1.54) is 4.88 Å². The molecule has 0 aliphatic rings. The fraction of sp³-hybridized carbons (Fsp3) is 0.400. The molecule has 0 amide bonds. The lowest BCUT2D eigenvalue weighted by molar-refractivity contribution is 0.318. The van der Waals surface area contributed by atoms with Gasteiger partial charge in [0.05, 0.1) is 29.5 Å². The number of halogens is 1. The first-order valence-electron chi connectivity index (χ1n) is 6.70. The van der Waals surface area contributed by atoms with E-state index in [1.54, 1.807) is 11.3 Å². The predicted molar refractivity (Wildman–Crippen MR) is 86.1 cm³/mol. The van der Waals surface area contributed by atoms with Crippen LogP contribution in [0.2, 0.25) is 5.02 Å². The fourth-order valence-electron chi connectivity index (χ4n) is 1.98. The van der Waals surface area contributed by atoms with Crippen molar-refractivity contribution in [3.63, 3.8) is 0 Å².